The molecule has 0 saturated carbocycles. The van der Waals surface area contributed by atoms with E-state index in [4.69, 9.17) is 4.74 Å². The van der Waals surface area contributed by atoms with E-state index >= 15 is 0 Å². The number of amides is 2. The molecule has 0 radical (unpaired) electrons. The highest BCUT2D eigenvalue weighted by Gasteiger charge is 2.28. The van der Waals surface area contributed by atoms with Crippen LogP contribution in [-0.4, -0.2) is 42.9 Å². The Bertz CT molecular complexity index is 891. The summed E-state index contributed by atoms with van der Waals surface area (Å²) >= 11 is 0. The number of carbonyl (C=O) groups excluding carboxylic acids is 3. The minimum absolute atomic E-state index is 0.0749. The van der Waals surface area contributed by atoms with Crippen LogP contribution in [0.2, 0.25) is 0 Å². The van der Waals surface area contributed by atoms with E-state index in [0.717, 1.165) is 28.8 Å². The topological polar surface area (TPSA) is 75.7 Å². The summed E-state index contributed by atoms with van der Waals surface area (Å²) in [4.78, 5) is 38.8. The van der Waals surface area contributed by atoms with E-state index in [1.165, 1.54) is 11.9 Å². The van der Waals surface area contributed by atoms with E-state index in [2.05, 4.69) is 5.32 Å². The van der Waals surface area contributed by atoms with Crippen LogP contribution in [0.4, 0.5) is 5.69 Å². The van der Waals surface area contributed by atoms with Crippen LogP contribution in [0.15, 0.2) is 48.5 Å². The van der Waals surface area contributed by atoms with Gasteiger partial charge in [0.1, 0.15) is 0 Å². The number of esters is 1. The predicted molar refractivity (Wildman–Crippen MR) is 122 cm³/mol. The molecule has 0 unspecified atom stereocenters. The number of ether oxygens (including phenoxy) is 1. The Kier molecular flexibility index (Phi) is 8.79. The van der Waals surface area contributed by atoms with Crippen molar-refractivity contribution >= 4 is 23.5 Å². The Morgan fingerprint density at radius 3 is 2.19 bits per heavy atom. The number of hydrogen-bond acceptors (Lipinski definition) is 4. The van der Waals surface area contributed by atoms with Crippen LogP contribution in [0.25, 0.3) is 0 Å². The van der Waals surface area contributed by atoms with Crippen molar-refractivity contribution in [2.75, 3.05) is 25.5 Å². The number of aryl methyl sites for hydroxylation is 2. The molecule has 0 aliphatic rings. The van der Waals surface area contributed by atoms with Crippen LogP contribution >= 0.6 is 0 Å². The van der Waals surface area contributed by atoms with Crippen molar-refractivity contribution in [3.05, 3.63) is 65.2 Å². The van der Waals surface area contributed by atoms with Crippen molar-refractivity contribution in [1.29, 1.82) is 0 Å². The van der Waals surface area contributed by atoms with E-state index < -0.39 is 24.4 Å². The number of carbonyl (C=O) groups is 3. The number of hydrogen-bond donors (Lipinski definition) is 1. The molecule has 0 aromatic heterocycles. The van der Waals surface area contributed by atoms with Gasteiger partial charge in [-0.1, -0.05) is 68.8 Å². The van der Waals surface area contributed by atoms with Crippen LogP contribution in [0.5, 0.6) is 0 Å². The minimum Gasteiger partial charge on any atom is -0.455 e. The van der Waals surface area contributed by atoms with Crippen molar-refractivity contribution in [3.8, 4) is 0 Å². The molecule has 0 aliphatic heterocycles. The molecular weight excluding hydrogens is 392 g/mol. The SMILES string of the molecule is CC[C@H](C)[C@H](C(=O)OCC(=O)N(C)CC(=O)Nc1c(C)cccc1C)c1ccccc1. The first-order chi connectivity index (χ1) is 14.7. The molecule has 6 heteroatoms. The number of para-hydroxylation sites is 1. The van der Waals surface area contributed by atoms with Gasteiger partial charge < -0.3 is 15.0 Å². The third kappa shape index (κ3) is 6.67. The monoisotopic (exact) mass is 424 g/mol. The molecule has 0 saturated heterocycles. The number of nitrogens with one attached hydrogen (secondary N) is 1. The summed E-state index contributed by atoms with van der Waals surface area (Å²) in [5.74, 6) is -1.52. The maximum Gasteiger partial charge on any atom is 0.314 e. The summed E-state index contributed by atoms with van der Waals surface area (Å²) < 4.78 is 5.34. The lowest BCUT2D eigenvalue weighted by Gasteiger charge is -2.23. The number of likely N-dealkylation sites (N-methyl/N-ethyl adjacent to an activating group) is 1. The van der Waals surface area contributed by atoms with Crippen LogP contribution < -0.4 is 5.32 Å². The Labute approximate surface area is 184 Å². The lowest BCUT2D eigenvalue weighted by molar-refractivity contribution is -0.154. The lowest BCUT2D eigenvalue weighted by Crippen LogP contribution is -2.38. The van der Waals surface area contributed by atoms with Crippen molar-refractivity contribution in [2.24, 2.45) is 5.92 Å². The number of nitrogens with zero attached hydrogens (tertiary/aromatic N) is 1. The summed E-state index contributed by atoms with van der Waals surface area (Å²) in [5.41, 5.74) is 3.52. The zero-order valence-electron chi connectivity index (χ0n) is 19.0. The van der Waals surface area contributed by atoms with Gasteiger partial charge in [0.25, 0.3) is 5.91 Å². The minimum atomic E-state index is -0.434. The van der Waals surface area contributed by atoms with Gasteiger partial charge in [0.05, 0.1) is 12.5 Å². The molecule has 0 spiro atoms. The molecule has 31 heavy (non-hydrogen) atoms. The molecule has 6 nitrogen and oxygen atoms in total. The molecule has 0 heterocycles. The highest BCUT2D eigenvalue weighted by Crippen LogP contribution is 2.28. The molecule has 2 atom stereocenters. The van der Waals surface area contributed by atoms with Gasteiger partial charge in [-0.05, 0) is 36.5 Å². The normalized spacial score (nSPS) is 12.5. The molecule has 0 aliphatic carbocycles. The zero-order chi connectivity index (χ0) is 23.0. The second kappa shape index (κ2) is 11.3. The largest absolute Gasteiger partial charge is 0.455 e. The quantitative estimate of drug-likeness (QED) is 0.616. The third-order valence-corrected chi connectivity index (χ3v) is 5.52. The fourth-order valence-corrected chi connectivity index (χ4v) is 3.42. The van der Waals surface area contributed by atoms with Gasteiger partial charge in [-0.3, -0.25) is 14.4 Å². The Morgan fingerprint density at radius 2 is 1.61 bits per heavy atom. The van der Waals surface area contributed by atoms with Crippen molar-refractivity contribution in [2.45, 2.75) is 40.0 Å². The first-order valence-electron chi connectivity index (χ1n) is 10.6. The molecule has 2 rings (SSSR count). The van der Waals surface area contributed by atoms with Gasteiger partial charge in [0, 0.05) is 12.7 Å². The molecule has 2 aromatic carbocycles. The summed E-state index contributed by atoms with van der Waals surface area (Å²) in [6.07, 6.45) is 0.807. The average molecular weight is 425 g/mol. The van der Waals surface area contributed by atoms with Crippen LogP contribution in [0.3, 0.4) is 0 Å². The first-order valence-corrected chi connectivity index (χ1v) is 10.6. The summed E-state index contributed by atoms with van der Waals surface area (Å²) in [6.45, 7) is 7.31. The maximum absolute atomic E-state index is 12.7. The molecule has 1 N–H and O–H groups in total. The standard InChI is InChI=1S/C25H32N2O4/c1-6-17(2)23(20-13-8-7-9-14-20)25(30)31-16-22(29)27(5)15-21(28)26-24-18(3)11-10-12-19(24)4/h7-14,17,23H,6,15-16H2,1-5H3,(H,26,28)/t17-,23-/m0/s1. The van der Waals surface area contributed by atoms with Crippen LogP contribution in [0.1, 0.15) is 42.9 Å². The van der Waals surface area contributed by atoms with E-state index in [1.54, 1.807) is 0 Å². The molecule has 2 aromatic rings. The second-order valence-electron chi connectivity index (χ2n) is 7.95. The Balaban J connectivity index is 1.93. The van der Waals surface area contributed by atoms with Gasteiger partial charge in [-0.2, -0.15) is 0 Å². The summed E-state index contributed by atoms with van der Waals surface area (Å²) in [5, 5.41) is 2.85. The molecule has 0 bridgehead atoms. The van der Waals surface area contributed by atoms with Gasteiger partial charge >= 0.3 is 5.97 Å². The van der Waals surface area contributed by atoms with Crippen molar-refractivity contribution in [1.82, 2.24) is 4.90 Å². The number of rotatable bonds is 9. The highest BCUT2D eigenvalue weighted by atomic mass is 16.5. The summed E-state index contributed by atoms with van der Waals surface area (Å²) in [6, 6.07) is 15.2. The van der Waals surface area contributed by atoms with E-state index in [0.29, 0.717) is 0 Å². The molecule has 2 amide bonds. The zero-order valence-corrected chi connectivity index (χ0v) is 19.0. The first kappa shape index (κ1) is 24.1. The Hall–Kier alpha value is -3.15. The second-order valence-corrected chi connectivity index (χ2v) is 7.95. The Morgan fingerprint density at radius 1 is 1.00 bits per heavy atom. The number of anilines is 1. The molecular formula is C25H32N2O4. The van der Waals surface area contributed by atoms with Crippen molar-refractivity contribution in [3.63, 3.8) is 0 Å². The highest BCUT2D eigenvalue weighted by molar-refractivity contribution is 5.96. The van der Waals surface area contributed by atoms with Gasteiger partial charge in [0.2, 0.25) is 5.91 Å². The van der Waals surface area contributed by atoms with Crippen LogP contribution in [0, 0.1) is 19.8 Å². The maximum atomic E-state index is 12.7. The smallest absolute Gasteiger partial charge is 0.314 e. The summed E-state index contributed by atoms with van der Waals surface area (Å²) in [7, 11) is 1.52. The van der Waals surface area contributed by atoms with E-state index in [9.17, 15) is 14.4 Å². The fourth-order valence-electron chi connectivity index (χ4n) is 3.42. The molecule has 166 valence electrons. The van der Waals surface area contributed by atoms with Gasteiger partial charge in [-0.15, -0.1) is 0 Å². The predicted octanol–water partition coefficient (Wildman–Crippen LogP) is 4.07. The van der Waals surface area contributed by atoms with Crippen LogP contribution in [-0.2, 0) is 19.1 Å². The average Bonchev–Trinajstić information content (AvgIpc) is 2.75. The van der Waals surface area contributed by atoms with E-state index in [-0.39, 0.29) is 18.4 Å². The lowest BCUT2D eigenvalue weighted by atomic mass is 9.86. The third-order valence-electron chi connectivity index (χ3n) is 5.52. The van der Waals surface area contributed by atoms with Crippen molar-refractivity contribution < 1.29 is 19.1 Å². The number of benzene rings is 2. The van der Waals surface area contributed by atoms with Gasteiger partial charge in [-0.25, -0.2) is 0 Å². The van der Waals surface area contributed by atoms with Gasteiger partial charge in [0.15, 0.2) is 6.61 Å². The molecule has 0 fully saturated rings. The van der Waals surface area contributed by atoms with E-state index in [1.807, 2.05) is 76.2 Å². The fraction of sp³-hybridized carbons (Fsp3) is 0.400.